The Hall–Kier alpha value is -2.37. The van der Waals surface area contributed by atoms with Gasteiger partial charge in [0.05, 0.1) is 13.7 Å². The molecule has 0 amide bonds. The van der Waals surface area contributed by atoms with E-state index in [0.717, 1.165) is 5.56 Å². The van der Waals surface area contributed by atoms with Crippen molar-refractivity contribution in [1.29, 1.82) is 0 Å². The van der Waals surface area contributed by atoms with Crippen LogP contribution in [0.1, 0.15) is 23.0 Å². The van der Waals surface area contributed by atoms with Crippen LogP contribution in [-0.4, -0.2) is 33.2 Å². The lowest BCUT2D eigenvalue weighted by Crippen LogP contribution is -2.02. The molecule has 0 saturated carbocycles. The minimum atomic E-state index is -1.10. The topological polar surface area (TPSA) is 77.2 Å². The summed E-state index contributed by atoms with van der Waals surface area (Å²) >= 11 is 0. The Labute approximate surface area is 110 Å². The lowest BCUT2D eigenvalue weighted by Gasteiger charge is -2.07. The molecule has 0 radical (unpaired) electrons. The Bertz CT molecular complexity index is 620. The van der Waals surface area contributed by atoms with E-state index in [1.54, 1.807) is 13.2 Å². The van der Waals surface area contributed by atoms with Crippen molar-refractivity contribution in [3.63, 3.8) is 0 Å². The SMILES string of the molecule is CCn1nc(C(=O)O)c(-c2cc(C)ccc2OC)n1. The van der Waals surface area contributed by atoms with E-state index in [2.05, 4.69) is 10.2 Å². The second kappa shape index (κ2) is 5.09. The first-order chi connectivity index (χ1) is 9.06. The number of hydrogen-bond donors (Lipinski definition) is 1. The summed E-state index contributed by atoms with van der Waals surface area (Å²) in [5.41, 5.74) is 1.90. The van der Waals surface area contributed by atoms with Crippen molar-refractivity contribution in [2.24, 2.45) is 0 Å². The molecule has 0 bridgehead atoms. The molecule has 1 aromatic heterocycles. The molecule has 6 nitrogen and oxygen atoms in total. The third kappa shape index (κ3) is 2.42. The van der Waals surface area contributed by atoms with Crippen LogP contribution in [-0.2, 0) is 6.54 Å². The van der Waals surface area contributed by atoms with Gasteiger partial charge < -0.3 is 9.84 Å². The minimum absolute atomic E-state index is 0.0641. The molecule has 0 unspecified atom stereocenters. The number of nitrogens with zero attached hydrogens (tertiary/aromatic N) is 3. The Balaban J connectivity index is 2.66. The number of carbonyl (C=O) groups is 1. The molecule has 0 saturated heterocycles. The maximum Gasteiger partial charge on any atom is 0.358 e. The van der Waals surface area contributed by atoms with Crippen molar-refractivity contribution >= 4 is 5.97 Å². The Morgan fingerprint density at radius 3 is 2.74 bits per heavy atom. The number of carboxylic acid groups (broad SMARTS) is 1. The second-order valence-electron chi connectivity index (χ2n) is 4.09. The fraction of sp³-hybridized carbons (Fsp3) is 0.308. The number of ether oxygens (including phenoxy) is 1. The molecule has 19 heavy (non-hydrogen) atoms. The molecule has 0 aliphatic heterocycles. The second-order valence-corrected chi connectivity index (χ2v) is 4.09. The van der Waals surface area contributed by atoms with Crippen LogP contribution in [0, 0.1) is 6.92 Å². The van der Waals surface area contributed by atoms with Gasteiger partial charge in [-0.15, -0.1) is 5.10 Å². The number of rotatable bonds is 4. The number of aryl methyl sites for hydroxylation is 2. The van der Waals surface area contributed by atoms with Gasteiger partial charge in [-0.1, -0.05) is 11.6 Å². The standard InChI is InChI=1S/C13H15N3O3/c1-4-16-14-11(12(15-16)13(17)18)9-7-8(2)5-6-10(9)19-3/h5-7H,4H2,1-3H3,(H,17,18). The quantitative estimate of drug-likeness (QED) is 0.910. The Morgan fingerprint density at radius 2 is 2.16 bits per heavy atom. The van der Waals surface area contributed by atoms with E-state index in [1.807, 2.05) is 26.0 Å². The number of aromatic carboxylic acids is 1. The van der Waals surface area contributed by atoms with Gasteiger partial charge in [-0.25, -0.2) is 4.79 Å². The van der Waals surface area contributed by atoms with Crippen LogP contribution < -0.4 is 4.74 Å². The molecule has 1 aromatic carbocycles. The Kier molecular flexibility index (Phi) is 3.50. The molecule has 1 N–H and O–H groups in total. The molecular formula is C13H15N3O3. The first-order valence-electron chi connectivity index (χ1n) is 5.90. The van der Waals surface area contributed by atoms with Crippen LogP contribution in [0.3, 0.4) is 0 Å². The predicted molar refractivity (Wildman–Crippen MR) is 69.4 cm³/mol. The van der Waals surface area contributed by atoms with Gasteiger partial charge in [-0.2, -0.15) is 9.90 Å². The summed E-state index contributed by atoms with van der Waals surface area (Å²) in [6.07, 6.45) is 0. The summed E-state index contributed by atoms with van der Waals surface area (Å²) in [5.74, 6) is -0.519. The van der Waals surface area contributed by atoms with Gasteiger partial charge in [-0.3, -0.25) is 0 Å². The van der Waals surface area contributed by atoms with E-state index in [1.165, 1.54) is 4.80 Å². The normalized spacial score (nSPS) is 10.5. The number of benzene rings is 1. The summed E-state index contributed by atoms with van der Waals surface area (Å²) in [6, 6.07) is 5.53. The van der Waals surface area contributed by atoms with Crippen molar-refractivity contribution in [2.75, 3.05) is 7.11 Å². The van der Waals surface area contributed by atoms with Crippen LogP contribution in [0.5, 0.6) is 5.75 Å². The highest BCUT2D eigenvalue weighted by molar-refractivity contribution is 5.93. The average molecular weight is 261 g/mol. The molecular weight excluding hydrogens is 246 g/mol. The third-order valence-corrected chi connectivity index (χ3v) is 2.75. The summed E-state index contributed by atoms with van der Waals surface area (Å²) in [4.78, 5) is 12.6. The van der Waals surface area contributed by atoms with Crippen molar-refractivity contribution in [3.05, 3.63) is 29.5 Å². The lowest BCUT2D eigenvalue weighted by molar-refractivity contribution is 0.0690. The van der Waals surface area contributed by atoms with Gasteiger partial charge >= 0.3 is 5.97 Å². The molecule has 2 aromatic rings. The van der Waals surface area contributed by atoms with Gasteiger partial charge in [0.15, 0.2) is 5.69 Å². The van der Waals surface area contributed by atoms with Crippen molar-refractivity contribution in [1.82, 2.24) is 15.0 Å². The van der Waals surface area contributed by atoms with Crippen LogP contribution in [0.25, 0.3) is 11.3 Å². The molecule has 100 valence electrons. The predicted octanol–water partition coefficient (Wildman–Crippen LogP) is 1.98. The van der Waals surface area contributed by atoms with Crippen LogP contribution in [0.2, 0.25) is 0 Å². The van der Waals surface area contributed by atoms with Gasteiger partial charge in [0, 0.05) is 5.56 Å². The fourth-order valence-electron chi connectivity index (χ4n) is 1.82. The zero-order valence-corrected chi connectivity index (χ0v) is 11.0. The molecule has 1 heterocycles. The van der Waals surface area contributed by atoms with Gasteiger partial charge in [0.2, 0.25) is 0 Å². The molecule has 6 heteroatoms. The van der Waals surface area contributed by atoms with E-state index in [9.17, 15) is 9.90 Å². The average Bonchev–Trinajstić information content (AvgIpc) is 2.83. The molecule has 0 aliphatic rings. The fourth-order valence-corrected chi connectivity index (χ4v) is 1.82. The number of methoxy groups -OCH3 is 1. The summed E-state index contributed by atoms with van der Waals surface area (Å²) in [6.45, 7) is 4.28. The van der Waals surface area contributed by atoms with Crippen LogP contribution >= 0.6 is 0 Å². The highest BCUT2D eigenvalue weighted by Crippen LogP contribution is 2.31. The van der Waals surface area contributed by atoms with Gasteiger partial charge in [-0.05, 0) is 26.0 Å². The van der Waals surface area contributed by atoms with Crippen molar-refractivity contribution in [3.8, 4) is 17.0 Å². The maximum atomic E-state index is 11.3. The Morgan fingerprint density at radius 1 is 1.42 bits per heavy atom. The maximum absolute atomic E-state index is 11.3. The van der Waals surface area contributed by atoms with E-state index in [-0.39, 0.29) is 5.69 Å². The molecule has 2 rings (SSSR count). The van der Waals surface area contributed by atoms with Crippen molar-refractivity contribution in [2.45, 2.75) is 20.4 Å². The third-order valence-electron chi connectivity index (χ3n) is 2.75. The number of hydrogen-bond acceptors (Lipinski definition) is 4. The first kappa shape index (κ1) is 13.1. The highest BCUT2D eigenvalue weighted by atomic mass is 16.5. The van der Waals surface area contributed by atoms with Crippen LogP contribution in [0.4, 0.5) is 0 Å². The van der Waals surface area contributed by atoms with E-state index in [4.69, 9.17) is 4.74 Å². The van der Waals surface area contributed by atoms with E-state index >= 15 is 0 Å². The summed E-state index contributed by atoms with van der Waals surface area (Å²) in [7, 11) is 1.54. The smallest absolute Gasteiger partial charge is 0.358 e. The molecule has 0 fully saturated rings. The largest absolute Gasteiger partial charge is 0.496 e. The summed E-state index contributed by atoms with van der Waals surface area (Å²) < 4.78 is 5.26. The van der Waals surface area contributed by atoms with Crippen LogP contribution in [0.15, 0.2) is 18.2 Å². The monoisotopic (exact) mass is 261 g/mol. The highest BCUT2D eigenvalue weighted by Gasteiger charge is 2.21. The number of carboxylic acids is 1. The lowest BCUT2D eigenvalue weighted by atomic mass is 10.1. The zero-order valence-electron chi connectivity index (χ0n) is 11.0. The first-order valence-corrected chi connectivity index (χ1v) is 5.90. The molecule has 0 atom stereocenters. The zero-order chi connectivity index (χ0) is 14.0. The number of aromatic nitrogens is 3. The van der Waals surface area contributed by atoms with Gasteiger partial charge in [0.1, 0.15) is 11.4 Å². The van der Waals surface area contributed by atoms with Crippen molar-refractivity contribution < 1.29 is 14.6 Å². The van der Waals surface area contributed by atoms with E-state index < -0.39 is 5.97 Å². The van der Waals surface area contributed by atoms with Gasteiger partial charge in [0.25, 0.3) is 0 Å². The summed E-state index contributed by atoms with van der Waals surface area (Å²) in [5, 5.41) is 17.4. The molecule has 0 spiro atoms. The molecule has 0 aliphatic carbocycles. The van der Waals surface area contributed by atoms with E-state index in [0.29, 0.717) is 23.6 Å². The minimum Gasteiger partial charge on any atom is -0.496 e.